The summed E-state index contributed by atoms with van der Waals surface area (Å²) < 4.78 is 14.8. The predicted molar refractivity (Wildman–Crippen MR) is 80.3 cm³/mol. The molecule has 0 radical (unpaired) electrons. The first-order valence-corrected chi connectivity index (χ1v) is 7.13. The standard InChI is InChI=1S/C15H27NO6/c1-14(2,3)21-11(17)9-8-10(12(18)20-7)16-13(19)22-15(4,5)6/h10H,8-9H2,1-7H3,(H,16,19)/t10-/m1/s1. The van der Waals surface area contributed by atoms with E-state index in [1.54, 1.807) is 41.5 Å². The molecule has 7 heteroatoms. The van der Waals surface area contributed by atoms with Crippen molar-refractivity contribution in [2.75, 3.05) is 7.11 Å². The van der Waals surface area contributed by atoms with Crippen molar-refractivity contribution in [3.05, 3.63) is 0 Å². The number of hydrogen-bond donors (Lipinski definition) is 1. The number of hydrogen-bond acceptors (Lipinski definition) is 6. The molecule has 0 spiro atoms. The maximum absolute atomic E-state index is 11.7. The smallest absolute Gasteiger partial charge is 0.408 e. The van der Waals surface area contributed by atoms with Crippen molar-refractivity contribution in [1.29, 1.82) is 0 Å². The van der Waals surface area contributed by atoms with Crippen LogP contribution in [-0.4, -0.2) is 42.4 Å². The van der Waals surface area contributed by atoms with E-state index < -0.39 is 35.3 Å². The highest BCUT2D eigenvalue weighted by molar-refractivity contribution is 5.82. The molecule has 0 fully saturated rings. The van der Waals surface area contributed by atoms with E-state index in [2.05, 4.69) is 10.1 Å². The van der Waals surface area contributed by atoms with Gasteiger partial charge in [-0.2, -0.15) is 0 Å². The lowest BCUT2D eigenvalue weighted by Gasteiger charge is -2.23. The Morgan fingerprint density at radius 2 is 1.45 bits per heavy atom. The Morgan fingerprint density at radius 1 is 0.955 bits per heavy atom. The van der Waals surface area contributed by atoms with Crippen LogP contribution >= 0.6 is 0 Å². The summed E-state index contributed by atoms with van der Waals surface area (Å²) in [6.45, 7) is 10.4. The molecule has 0 saturated carbocycles. The minimum atomic E-state index is -0.965. The first kappa shape index (κ1) is 20.2. The van der Waals surface area contributed by atoms with Crippen LogP contribution in [0.4, 0.5) is 4.79 Å². The SMILES string of the molecule is COC(=O)[C@@H](CCC(=O)OC(C)(C)C)NC(=O)OC(C)(C)C. The summed E-state index contributed by atoms with van der Waals surface area (Å²) in [5.41, 5.74) is -1.29. The molecule has 22 heavy (non-hydrogen) atoms. The van der Waals surface area contributed by atoms with Crippen LogP contribution in [0.2, 0.25) is 0 Å². The van der Waals surface area contributed by atoms with Crippen LogP contribution in [0.3, 0.4) is 0 Å². The Balaban J connectivity index is 4.57. The van der Waals surface area contributed by atoms with Crippen molar-refractivity contribution < 1.29 is 28.6 Å². The van der Waals surface area contributed by atoms with Gasteiger partial charge in [0.25, 0.3) is 0 Å². The highest BCUT2D eigenvalue weighted by Gasteiger charge is 2.26. The zero-order valence-electron chi connectivity index (χ0n) is 14.4. The fraction of sp³-hybridized carbons (Fsp3) is 0.800. The van der Waals surface area contributed by atoms with Gasteiger partial charge in [-0.3, -0.25) is 4.79 Å². The largest absolute Gasteiger partial charge is 0.467 e. The molecular formula is C15H27NO6. The fourth-order valence-electron chi connectivity index (χ4n) is 1.50. The molecule has 0 saturated heterocycles. The highest BCUT2D eigenvalue weighted by atomic mass is 16.6. The zero-order valence-corrected chi connectivity index (χ0v) is 14.4. The van der Waals surface area contributed by atoms with E-state index in [0.717, 1.165) is 0 Å². The van der Waals surface area contributed by atoms with E-state index in [-0.39, 0.29) is 12.8 Å². The molecule has 0 aromatic carbocycles. The summed E-state index contributed by atoms with van der Waals surface area (Å²) >= 11 is 0. The van der Waals surface area contributed by atoms with Crippen molar-refractivity contribution in [1.82, 2.24) is 5.32 Å². The number of carbonyl (C=O) groups excluding carboxylic acids is 3. The van der Waals surface area contributed by atoms with Crippen LogP contribution in [0.1, 0.15) is 54.4 Å². The van der Waals surface area contributed by atoms with Crippen LogP contribution in [-0.2, 0) is 23.8 Å². The first-order valence-electron chi connectivity index (χ1n) is 7.13. The lowest BCUT2D eigenvalue weighted by molar-refractivity contribution is -0.155. The van der Waals surface area contributed by atoms with E-state index in [9.17, 15) is 14.4 Å². The number of carbonyl (C=O) groups is 3. The first-order chi connectivity index (χ1) is 9.84. The van der Waals surface area contributed by atoms with Crippen LogP contribution < -0.4 is 5.32 Å². The molecule has 0 aromatic heterocycles. The van der Waals surface area contributed by atoms with E-state index in [4.69, 9.17) is 9.47 Å². The van der Waals surface area contributed by atoms with Gasteiger partial charge in [-0.15, -0.1) is 0 Å². The quantitative estimate of drug-likeness (QED) is 0.617. The molecule has 1 N–H and O–H groups in total. The third-order valence-corrected chi connectivity index (χ3v) is 2.23. The van der Waals surface area contributed by atoms with Crippen LogP contribution in [0.5, 0.6) is 0 Å². The number of esters is 2. The molecule has 0 aliphatic rings. The number of alkyl carbamates (subject to hydrolysis) is 1. The third-order valence-electron chi connectivity index (χ3n) is 2.23. The van der Waals surface area contributed by atoms with Crippen molar-refractivity contribution in [3.8, 4) is 0 Å². The molecule has 0 aliphatic carbocycles. The zero-order chi connectivity index (χ0) is 17.6. The second kappa shape index (κ2) is 8.00. The summed E-state index contributed by atoms with van der Waals surface area (Å²) in [4.78, 5) is 35.0. The highest BCUT2D eigenvalue weighted by Crippen LogP contribution is 2.11. The van der Waals surface area contributed by atoms with Gasteiger partial charge in [-0.1, -0.05) is 0 Å². The summed E-state index contributed by atoms with van der Waals surface area (Å²) in [6, 6.07) is -0.965. The van der Waals surface area contributed by atoms with Gasteiger partial charge in [-0.05, 0) is 48.0 Å². The summed E-state index contributed by atoms with van der Waals surface area (Å²) in [5, 5.41) is 2.40. The summed E-state index contributed by atoms with van der Waals surface area (Å²) in [6.07, 6.45) is -0.694. The molecule has 0 bridgehead atoms. The van der Waals surface area contributed by atoms with Crippen LogP contribution in [0.25, 0.3) is 0 Å². The van der Waals surface area contributed by atoms with Gasteiger partial charge in [0.05, 0.1) is 7.11 Å². The van der Waals surface area contributed by atoms with Crippen molar-refractivity contribution in [2.45, 2.75) is 71.6 Å². The van der Waals surface area contributed by atoms with Gasteiger partial charge < -0.3 is 19.5 Å². The van der Waals surface area contributed by atoms with Gasteiger partial charge in [0.15, 0.2) is 0 Å². The lowest BCUT2D eigenvalue weighted by atomic mass is 10.1. The Kier molecular flexibility index (Phi) is 7.35. The van der Waals surface area contributed by atoms with Gasteiger partial charge in [-0.25, -0.2) is 9.59 Å². The molecule has 0 rings (SSSR count). The van der Waals surface area contributed by atoms with Gasteiger partial charge >= 0.3 is 18.0 Å². The molecule has 1 atom stereocenters. The maximum Gasteiger partial charge on any atom is 0.408 e. The molecule has 128 valence electrons. The molecular weight excluding hydrogens is 290 g/mol. The summed E-state index contributed by atoms with van der Waals surface area (Å²) in [7, 11) is 1.21. The maximum atomic E-state index is 11.7. The van der Waals surface area contributed by atoms with Crippen LogP contribution in [0, 0.1) is 0 Å². The average Bonchev–Trinajstić information content (AvgIpc) is 2.28. The normalized spacial score (nSPS) is 13.0. The van der Waals surface area contributed by atoms with Crippen molar-refractivity contribution >= 4 is 18.0 Å². The monoisotopic (exact) mass is 317 g/mol. The fourth-order valence-corrected chi connectivity index (χ4v) is 1.50. The van der Waals surface area contributed by atoms with Gasteiger partial charge in [0.1, 0.15) is 17.2 Å². The predicted octanol–water partition coefficient (Wildman–Crippen LogP) is 2.17. The van der Waals surface area contributed by atoms with Crippen molar-refractivity contribution in [3.63, 3.8) is 0 Å². The third kappa shape index (κ3) is 10.0. The topological polar surface area (TPSA) is 90.9 Å². The van der Waals surface area contributed by atoms with Crippen LogP contribution in [0.15, 0.2) is 0 Å². The number of amides is 1. The number of ether oxygens (including phenoxy) is 3. The van der Waals surface area contributed by atoms with Gasteiger partial charge in [0.2, 0.25) is 0 Å². The number of methoxy groups -OCH3 is 1. The average molecular weight is 317 g/mol. The molecule has 0 aromatic rings. The second-order valence-corrected chi connectivity index (χ2v) is 6.85. The second-order valence-electron chi connectivity index (χ2n) is 6.85. The Morgan fingerprint density at radius 3 is 1.86 bits per heavy atom. The number of rotatable bonds is 5. The van der Waals surface area contributed by atoms with Gasteiger partial charge in [0, 0.05) is 6.42 Å². The Labute approximate surface area is 131 Å². The van der Waals surface area contributed by atoms with E-state index in [0.29, 0.717) is 0 Å². The van der Waals surface area contributed by atoms with E-state index in [1.807, 2.05) is 0 Å². The van der Waals surface area contributed by atoms with Crippen molar-refractivity contribution in [2.24, 2.45) is 0 Å². The minimum Gasteiger partial charge on any atom is -0.467 e. The minimum absolute atomic E-state index is 0.0210. The van der Waals surface area contributed by atoms with E-state index >= 15 is 0 Å². The number of nitrogens with one attached hydrogen (secondary N) is 1. The van der Waals surface area contributed by atoms with E-state index in [1.165, 1.54) is 7.11 Å². The molecule has 0 heterocycles. The molecule has 0 aliphatic heterocycles. The molecule has 0 unspecified atom stereocenters. The Hall–Kier alpha value is -1.79. The summed E-state index contributed by atoms with van der Waals surface area (Å²) in [5.74, 6) is -1.10. The molecule has 7 nitrogen and oxygen atoms in total. The lowest BCUT2D eigenvalue weighted by Crippen LogP contribution is -2.44. The molecule has 1 amide bonds. The Bertz CT molecular complexity index is 405.